The molecule has 2 aliphatic heterocycles. The fourth-order valence-electron chi connectivity index (χ4n) is 3.43. The van der Waals surface area contributed by atoms with Gasteiger partial charge in [-0.15, -0.1) is 0 Å². The molecule has 3 unspecified atom stereocenters. The van der Waals surface area contributed by atoms with Crippen LogP contribution >= 0.6 is 11.6 Å². The molecular weight excluding hydrogens is 293 g/mol. The van der Waals surface area contributed by atoms with Gasteiger partial charge in [-0.05, 0) is 50.0 Å². The third-order valence-electron chi connectivity index (χ3n) is 4.61. The van der Waals surface area contributed by atoms with E-state index in [4.69, 9.17) is 11.6 Å². The van der Waals surface area contributed by atoms with E-state index < -0.39 is 5.82 Å². The summed E-state index contributed by atoms with van der Waals surface area (Å²) in [5.74, 6) is 0.754. The Bertz CT molecular complexity index is 554. The quantitative estimate of drug-likeness (QED) is 0.897. The number of carbonyl (C=O) groups excluding carboxylic acids is 1. The van der Waals surface area contributed by atoms with E-state index >= 15 is 0 Å². The third kappa shape index (κ3) is 3.05. The van der Waals surface area contributed by atoms with Gasteiger partial charge < -0.3 is 10.6 Å². The Morgan fingerprint density at radius 2 is 2.33 bits per heavy atom. The van der Waals surface area contributed by atoms with Crippen molar-refractivity contribution >= 4 is 23.2 Å². The lowest BCUT2D eigenvalue weighted by molar-refractivity contribution is -0.117. The van der Waals surface area contributed by atoms with Crippen molar-refractivity contribution in [2.24, 2.45) is 11.8 Å². The Morgan fingerprint density at radius 3 is 3.05 bits per heavy atom. The van der Waals surface area contributed by atoms with E-state index in [1.165, 1.54) is 18.2 Å². The highest BCUT2D eigenvalue weighted by atomic mass is 35.5. The van der Waals surface area contributed by atoms with Crippen LogP contribution in [-0.4, -0.2) is 43.0 Å². The van der Waals surface area contributed by atoms with Gasteiger partial charge in [0.1, 0.15) is 5.82 Å². The van der Waals surface area contributed by atoms with Gasteiger partial charge in [-0.1, -0.05) is 11.6 Å². The molecule has 21 heavy (non-hydrogen) atoms. The molecule has 2 heterocycles. The average Bonchev–Trinajstić information content (AvgIpc) is 2.98. The van der Waals surface area contributed by atoms with Crippen LogP contribution in [0.25, 0.3) is 0 Å². The van der Waals surface area contributed by atoms with Crippen LogP contribution in [0.4, 0.5) is 10.1 Å². The molecule has 3 atom stereocenters. The SMILES string of the molecule is CC1C2CNCC2CN1CC(=O)Nc1ccc(F)cc1Cl. The lowest BCUT2D eigenvalue weighted by Gasteiger charge is -2.23. The van der Waals surface area contributed by atoms with Crippen LogP contribution in [-0.2, 0) is 4.79 Å². The lowest BCUT2D eigenvalue weighted by atomic mass is 9.95. The number of rotatable bonds is 3. The highest BCUT2D eigenvalue weighted by Gasteiger charge is 2.42. The lowest BCUT2D eigenvalue weighted by Crippen LogP contribution is -2.38. The second kappa shape index (κ2) is 5.91. The monoisotopic (exact) mass is 311 g/mol. The van der Waals surface area contributed by atoms with Gasteiger partial charge in [-0.3, -0.25) is 9.69 Å². The van der Waals surface area contributed by atoms with Gasteiger partial charge in [-0.2, -0.15) is 0 Å². The number of anilines is 1. The molecule has 1 aromatic rings. The Morgan fingerprint density at radius 1 is 1.52 bits per heavy atom. The van der Waals surface area contributed by atoms with E-state index in [9.17, 15) is 9.18 Å². The normalized spacial score (nSPS) is 28.6. The molecule has 0 spiro atoms. The number of amides is 1. The van der Waals surface area contributed by atoms with Crippen LogP contribution in [0.5, 0.6) is 0 Å². The number of hydrogen-bond acceptors (Lipinski definition) is 3. The summed E-state index contributed by atoms with van der Waals surface area (Å²) in [5.41, 5.74) is 0.455. The summed E-state index contributed by atoms with van der Waals surface area (Å²) in [6.07, 6.45) is 0. The summed E-state index contributed by atoms with van der Waals surface area (Å²) in [4.78, 5) is 14.4. The van der Waals surface area contributed by atoms with E-state index in [1.54, 1.807) is 0 Å². The van der Waals surface area contributed by atoms with Crippen LogP contribution in [0.2, 0.25) is 5.02 Å². The molecular formula is C15H19ClFN3O. The largest absolute Gasteiger partial charge is 0.324 e. The van der Waals surface area contributed by atoms with Gasteiger partial charge >= 0.3 is 0 Å². The smallest absolute Gasteiger partial charge is 0.238 e. The summed E-state index contributed by atoms with van der Waals surface area (Å²) < 4.78 is 13.0. The zero-order valence-corrected chi connectivity index (χ0v) is 12.7. The Hall–Kier alpha value is -1.17. The zero-order valence-electron chi connectivity index (χ0n) is 11.9. The van der Waals surface area contributed by atoms with Crippen molar-refractivity contribution in [1.29, 1.82) is 0 Å². The second-order valence-corrected chi connectivity index (χ2v) is 6.33. The fraction of sp³-hybridized carbons (Fsp3) is 0.533. The van der Waals surface area contributed by atoms with Crippen LogP contribution in [0, 0.1) is 17.7 Å². The molecule has 0 bridgehead atoms. The number of carbonyl (C=O) groups is 1. The van der Waals surface area contributed by atoms with Gasteiger partial charge in [-0.25, -0.2) is 4.39 Å². The standard InChI is InChI=1S/C15H19ClFN3O/c1-9-12-6-18-5-10(12)7-20(9)8-15(21)19-14-3-2-11(17)4-13(14)16/h2-4,9-10,12,18H,5-8H2,1H3,(H,19,21). The summed E-state index contributed by atoms with van der Waals surface area (Å²) in [7, 11) is 0. The molecule has 1 aromatic carbocycles. The molecule has 2 fully saturated rings. The Balaban J connectivity index is 1.59. The summed E-state index contributed by atoms with van der Waals surface area (Å²) in [6, 6.07) is 4.38. The molecule has 0 aromatic heterocycles. The van der Waals surface area contributed by atoms with Crippen LogP contribution in [0.3, 0.4) is 0 Å². The number of benzene rings is 1. The topological polar surface area (TPSA) is 44.4 Å². The summed E-state index contributed by atoms with van der Waals surface area (Å²) in [5, 5.41) is 6.38. The zero-order chi connectivity index (χ0) is 15.0. The van der Waals surface area contributed by atoms with E-state index in [0.29, 0.717) is 30.1 Å². The first-order valence-corrected chi connectivity index (χ1v) is 7.62. The number of likely N-dealkylation sites (tertiary alicyclic amines) is 1. The minimum absolute atomic E-state index is 0.108. The molecule has 2 saturated heterocycles. The molecule has 1 amide bonds. The maximum absolute atomic E-state index is 13.0. The van der Waals surface area contributed by atoms with Gasteiger partial charge in [0.15, 0.2) is 0 Å². The van der Waals surface area contributed by atoms with E-state index in [0.717, 1.165) is 19.6 Å². The molecule has 3 rings (SSSR count). The van der Waals surface area contributed by atoms with Crippen molar-refractivity contribution in [2.45, 2.75) is 13.0 Å². The molecule has 4 nitrogen and oxygen atoms in total. The second-order valence-electron chi connectivity index (χ2n) is 5.92. The first-order chi connectivity index (χ1) is 10.0. The maximum Gasteiger partial charge on any atom is 0.238 e. The third-order valence-corrected chi connectivity index (χ3v) is 4.92. The number of hydrogen-bond donors (Lipinski definition) is 2. The number of nitrogens with zero attached hydrogens (tertiary/aromatic N) is 1. The van der Waals surface area contributed by atoms with Crippen LogP contribution in [0.1, 0.15) is 6.92 Å². The van der Waals surface area contributed by atoms with E-state index in [1.807, 2.05) is 0 Å². The molecule has 0 aliphatic carbocycles. The first kappa shape index (κ1) is 14.8. The predicted molar refractivity (Wildman–Crippen MR) is 80.9 cm³/mol. The molecule has 2 N–H and O–H groups in total. The minimum Gasteiger partial charge on any atom is -0.324 e. The van der Waals surface area contributed by atoms with Crippen molar-refractivity contribution in [3.8, 4) is 0 Å². The van der Waals surface area contributed by atoms with Crippen LogP contribution in [0.15, 0.2) is 18.2 Å². The van der Waals surface area contributed by atoms with E-state index in [-0.39, 0.29) is 10.9 Å². The highest BCUT2D eigenvalue weighted by Crippen LogP contribution is 2.32. The van der Waals surface area contributed by atoms with Gasteiger partial charge in [0.25, 0.3) is 0 Å². The molecule has 0 saturated carbocycles. The van der Waals surface area contributed by atoms with Crippen LogP contribution < -0.4 is 10.6 Å². The van der Waals surface area contributed by atoms with Gasteiger partial charge in [0, 0.05) is 12.6 Å². The van der Waals surface area contributed by atoms with Crippen molar-refractivity contribution in [3.63, 3.8) is 0 Å². The first-order valence-electron chi connectivity index (χ1n) is 7.24. The number of fused-ring (bicyclic) bond motifs is 1. The van der Waals surface area contributed by atoms with Gasteiger partial charge in [0.2, 0.25) is 5.91 Å². The number of halogens is 2. The fourth-order valence-corrected chi connectivity index (χ4v) is 3.64. The number of nitrogens with one attached hydrogen (secondary N) is 2. The van der Waals surface area contributed by atoms with Crippen molar-refractivity contribution in [2.75, 3.05) is 31.5 Å². The van der Waals surface area contributed by atoms with E-state index in [2.05, 4.69) is 22.5 Å². The molecule has 2 aliphatic rings. The Kier molecular flexibility index (Phi) is 4.15. The van der Waals surface area contributed by atoms with Crippen molar-refractivity contribution in [3.05, 3.63) is 29.0 Å². The Labute approximate surface area is 128 Å². The summed E-state index contributed by atoms with van der Waals surface area (Å²) in [6.45, 7) is 5.55. The molecule has 0 radical (unpaired) electrons. The maximum atomic E-state index is 13.0. The molecule has 6 heteroatoms. The highest BCUT2D eigenvalue weighted by molar-refractivity contribution is 6.33. The molecule has 114 valence electrons. The van der Waals surface area contributed by atoms with Gasteiger partial charge in [0.05, 0.1) is 17.3 Å². The predicted octanol–water partition coefficient (Wildman–Crippen LogP) is 1.96. The minimum atomic E-state index is -0.411. The van der Waals surface area contributed by atoms with Crippen molar-refractivity contribution in [1.82, 2.24) is 10.2 Å². The van der Waals surface area contributed by atoms with Crippen molar-refractivity contribution < 1.29 is 9.18 Å². The average molecular weight is 312 g/mol. The summed E-state index contributed by atoms with van der Waals surface area (Å²) >= 11 is 5.92.